The molecule has 1 amide bonds. The maximum atomic E-state index is 12.1. The van der Waals surface area contributed by atoms with Gasteiger partial charge in [0.15, 0.2) is 23.0 Å². The predicted octanol–water partition coefficient (Wildman–Crippen LogP) is 3.12. The predicted molar refractivity (Wildman–Crippen MR) is 109 cm³/mol. The lowest BCUT2D eigenvalue weighted by molar-refractivity contribution is -0.120. The van der Waals surface area contributed by atoms with Gasteiger partial charge >= 0.3 is 0 Å². The minimum Gasteiger partial charge on any atom is -0.493 e. The van der Waals surface area contributed by atoms with E-state index < -0.39 is 0 Å². The molecule has 8 heteroatoms. The molecule has 2 aromatic rings. The zero-order valence-corrected chi connectivity index (χ0v) is 17.1. The van der Waals surface area contributed by atoms with Crippen LogP contribution in [0, 0.1) is 3.57 Å². The van der Waals surface area contributed by atoms with Crippen LogP contribution in [0.15, 0.2) is 35.4 Å². The third-order valence-corrected chi connectivity index (χ3v) is 4.55. The summed E-state index contributed by atoms with van der Waals surface area (Å²) < 4.78 is 22.4. The lowest BCUT2D eigenvalue weighted by Crippen LogP contribution is -2.19. The Morgan fingerprint density at radius 2 is 2.11 bits per heavy atom. The van der Waals surface area contributed by atoms with Crippen LogP contribution in [0.2, 0.25) is 0 Å². The number of hydrogen-bond donors (Lipinski definition) is 1. The third kappa shape index (κ3) is 4.82. The third-order valence-electron chi connectivity index (χ3n) is 3.74. The molecular weight excluding hydrogens is 463 g/mol. The quantitative estimate of drug-likeness (QED) is 0.373. The van der Waals surface area contributed by atoms with E-state index in [-0.39, 0.29) is 19.1 Å². The van der Waals surface area contributed by atoms with Crippen molar-refractivity contribution in [1.82, 2.24) is 5.43 Å². The van der Waals surface area contributed by atoms with Gasteiger partial charge < -0.3 is 18.9 Å². The normalized spacial score (nSPS) is 12.3. The van der Waals surface area contributed by atoms with E-state index in [1.807, 2.05) is 19.1 Å². The van der Waals surface area contributed by atoms with E-state index in [9.17, 15) is 4.79 Å². The highest BCUT2D eigenvalue weighted by Gasteiger charge is 2.14. The summed E-state index contributed by atoms with van der Waals surface area (Å²) in [5.41, 5.74) is 4.15. The van der Waals surface area contributed by atoms with E-state index in [0.29, 0.717) is 29.6 Å². The van der Waals surface area contributed by atoms with Crippen molar-refractivity contribution in [3.8, 4) is 23.0 Å². The number of hydrazone groups is 1. The van der Waals surface area contributed by atoms with Crippen molar-refractivity contribution in [2.75, 3.05) is 20.5 Å². The van der Waals surface area contributed by atoms with Crippen LogP contribution >= 0.6 is 22.6 Å². The number of ether oxygens (including phenoxy) is 4. The van der Waals surface area contributed by atoms with Crippen LogP contribution in [0.3, 0.4) is 0 Å². The summed E-state index contributed by atoms with van der Waals surface area (Å²) in [7, 11) is 1.59. The monoisotopic (exact) mass is 482 g/mol. The minimum absolute atomic E-state index is 0.193. The first-order chi connectivity index (χ1) is 13.1. The number of nitrogens with one attached hydrogen (secondary N) is 1. The first-order valence-corrected chi connectivity index (χ1v) is 9.39. The molecule has 0 aliphatic carbocycles. The number of hydrogen-bond acceptors (Lipinski definition) is 6. The molecule has 3 rings (SSSR count). The van der Waals surface area contributed by atoms with Crippen LogP contribution in [0.4, 0.5) is 0 Å². The summed E-state index contributed by atoms with van der Waals surface area (Å²) in [5.74, 6) is 2.44. The summed E-state index contributed by atoms with van der Waals surface area (Å²) in [6, 6.07) is 9.13. The fourth-order valence-corrected chi connectivity index (χ4v) is 3.33. The summed E-state index contributed by atoms with van der Waals surface area (Å²) in [4.78, 5) is 12.1. The van der Waals surface area contributed by atoms with Crippen LogP contribution in [0.5, 0.6) is 23.0 Å². The molecule has 7 nitrogen and oxygen atoms in total. The Hall–Kier alpha value is -2.49. The van der Waals surface area contributed by atoms with Gasteiger partial charge in [-0.2, -0.15) is 5.10 Å². The molecule has 1 heterocycles. The summed E-state index contributed by atoms with van der Waals surface area (Å²) in [5, 5.41) is 4.02. The molecule has 1 aliphatic rings. The largest absolute Gasteiger partial charge is 0.493 e. The van der Waals surface area contributed by atoms with Gasteiger partial charge in [0, 0.05) is 0 Å². The lowest BCUT2D eigenvalue weighted by Gasteiger charge is -2.12. The van der Waals surface area contributed by atoms with Crippen molar-refractivity contribution < 1.29 is 23.7 Å². The summed E-state index contributed by atoms with van der Waals surface area (Å²) in [6.07, 6.45) is 1.76. The van der Waals surface area contributed by atoms with E-state index >= 15 is 0 Å². The molecular formula is C19H19IN2O5. The number of carbonyl (C=O) groups excluding carboxylic acids is 1. The molecule has 0 spiro atoms. The Morgan fingerprint density at radius 3 is 2.89 bits per heavy atom. The van der Waals surface area contributed by atoms with Gasteiger partial charge in [-0.1, -0.05) is 6.07 Å². The Balaban J connectivity index is 1.61. The van der Waals surface area contributed by atoms with Gasteiger partial charge in [-0.05, 0) is 64.9 Å². The average Bonchev–Trinajstić information content (AvgIpc) is 3.11. The average molecular weight is 482 g/mol. The van der Waals surface area contributed by atoms with Crippen LogP contribution in [0.1, 0.15) is 18.1 Å². The molecule has 0 bridgehead atoms. The smallest absolute Gasteiger partial charge is 0.244 e. The molecule has 27 heavy (non-hydrogen) atoms. The zero-order valence-electron chi connectivity index (χ0n) is 15.0. The Bertz CT molecular complexity index is 869. The topological polar surface area (TPSA) is 78.4 Å². The van der Waals surface area contributed by atoms with Gasteiger partial charge in [-0.25, -0.2) is 5.43 Å². The van der Waals surface area contributed by atoms with Gasteiger partial charge in [0.1, 0.15) is 0 Å². The number of benzene rings is 2. The molecule has 1 aliphatic heterocycles. The Labute approximate surface area is 170 Å². The maximum absolute atomic E-state index is 12.1. The number of halogens is 1. The van der Waals surface area contributed by atoms with Crippen molar-refractivity contribution in [2.45, 2.75) is 13.3 Å². The van der Waals surface area contributed by atoms with Crippen molar-refractivity contribution in [3.05, 3.63) is 45.0 Å². The molecule has 0 unspecified atom stereocenters. The van der Waals surface area contributed by atoms with Gasteiger partial charge in [-0.3, -0.25) is 4.79 Å². The van der Waals surface area contributed by atoms with Crippen molar-refractivity contribution in [1.29, 1.82) is 0 Å². The highest BCUT2D eigenvalue weighted by molar-refractivity contribution is 14.1. The summed E-state index contributed by atoms with van der Waals surface area (Å²) >= 11 is 2.18. The molecule has 0 saturated heterocycles. The molecule has 0 fully saturated rings. The number of methoxy groups -OCH3 is 1. The number of fused-ring (bicyclic) bond motifs is 1. The molecule has 142 valence electrons. The van der Waals surface area contributed by atoms with Gasteiger partial charge in [0.2, 0.25) is 12.7 Å². The van der Waals surface area contributed by atoms with Gasteiger partial charge in [0.05, 0.1) is 29.9 Å². The highest BCUT2D eigenvalue weighted by Crippen LogP contribution is 2.34. The minimum atomic E-state index is -0.224. The maximum Gasteiger partial charge on any atom is 0.244 e. The van der Waals surface area contributed by atoms with Crippen molar-refractivity contribution in [3.63, 3.8) is 0 Å². The van der Waals surface area contributed by atoms with E-state index in [1.54, 1.807) is 31.5 Å². The number of amides is 1. The molecule has 0 radical (unpaired) electrons. The van der Waals surface area contributed by atoms with E-state index in [1.165, 1.54) is 0 Å². The number of carbonyl (C=O) groups is 1. The zero-order chi connectivity index (χ0) is 19.2. The lowest BCUT2D eigenvalue weighted by atomic mass is 10.1. The fraction of sp³-hybridized carbons (Fsp3) is 0.263. The number of rotatable bonds is 7. The molecule has 0 saturated carbocycles. The van der Waals surface area contributed by atoms with Crippen molar-refractivity contribution >= 4 is 34.7 Å². The second kappa shape index (κ2) is 8.94. The molecule has 2 aromatic carbocycles. The standard InChI is InChI=1S/C19H19IN2O5/c1-3-25-19-14(20)6-13(8-17(19)24-2)10-21-22-18(23)9-12-4-5-15-16(7-12)27-11-26-15/h4-8,10H,3,9,11H2,1-2H3,(H,22,23)/b21-10-. The SMILES string of the molecule is CCOc1c(I)cc(/C=N\NC(=O)Cc2ccc3c(c2)OCO3)cc1OC. The molecule has 0 atom stereocenters. The Morgan fingerprint density at radius 1 is 1.30 bits per heavy atom. The van der Waals surface area contributed by atoms with Crippen LogP contribution in [0.25, 0.3) is 0 Å². The van der Waals surface area contributed by atoms with Crippen LogP contribution in [-0.2, 0) is 11.2 Å². The van der Waals surface area contributed by atoms with E-state index in [0.717, 1.165) is 14.7 Å². The first-order valence-electron chi connectivity index (χ1n) is 8.31. The van der Waals surface area contributed by atoms with Crippen LogP contribution < -0.4 is 24.4 Å². The highest BCUT2D eigenvalue weighted by atomic mass is 127. The van der Waals surface area contributed by atoms with E-state index in [4.69, 9.17) is 18.9 Å². The second-order valence-corrected chi connectivity index (χ2v) is 6.79. The second-order valence-electron chi connectivity index (χ2n) is 5.62. The van der Waals surface area contributed by atoms with Gasteiger partial charge in [0.25, 0.3) is 0 Å². The Kier molecular flexibility index (Phi) is 6.38. The van der Waals surface area contributed by atoms with E-state index in [2.05, 4.69) is 33.1 Å². The fourth-order valence-electron chi connectivity index (χ4n) is 2.55. The van der Waals surface area contributed by atoms with Gasteiger partial charge in [-0.15, -0.1) is 0 Å². The van der Waals surface area contributed by atoms with Crippen molar-refractivity contribution in [2.24, 2.45) is 5.10 Å². The number of nitrogens with zero attached hydrogens (tertiary/aromatic N) is 1. The molecule has 0 aromatic heterocycles. The summed E-state index contributed by atoms with van der Waals surface area (Å²) in [6.45, 7) is 2.68. The molecule has 1 N–H and O–H groups in total. The van der Waals surface area contributed by atoms with Crippen LogP contribution in [-0.4, -0.2) is 32.6 Å². The first kappa shape index (κ1) is 19.3.